The Kier molecular flexibility index (Phi) is 2.94. The van der Waals surface area contributed by atoms with Gasteiger partial charge in [-0.05, 0) is 23.3 Å². The molecule has 2 rings (SSSR count). The molecule has 4 nitrogen and oxygen atoms in total. The number of rotatable bonds is 3. The minimum Gasteiger partial charge on any atom is -0.454 e. The van der Waals surface area contributed by atoms with Crippen molar-refractivity contribution >= 4 is 19.7 Å². The van der Waals surface area contributed by atoms with Gasteiger partial charge in [0, 0.05) is 10.7 Å². The fourth-order valence-electron chi connectivity index (χ4n) is 1.47. The standard InChI is InChI=1S/C9H8ClFO4S/c10-16(12,13)4-7-2-9-8(14-5-15-9)1-6(7)3-11/h1-2H,3-5H2. The van der Waals surface area contributed by atoms with Crippen LogP contribution in [-0.4, -0.2) is 15.2 Å². The van der Waals surface area contributed by atoms with E-state index in [1.807, 2.05) is 0 Å². The quantitative estimate of drug-likeness (QED) is 0.785. The molecular formula is C9H8ClFO4S. The van der Waals surface area contributed by atoms with E-state index in [2.05, 4.69) is 0 Å². The number of ether oxygens (including phenoxy) is 2. The van der Waals surface area contributed by atoms with Gasteiger partial charge in [0.25, 0.3) is 0 Å². The van der Waals surface area contributed by atoms with Crippen LogP contribution in [0.25, 0.3) is 0 Å². The highest BCUT2D eigenvalue weighted by molar-refractivity contribution is 8.13. The smallest absolute Gasteiger partial charge is 0.236 e. The molecule has 0 aliphatic carbocycles. The van der Waals surface area contributed by atoms with Gasteiger partial charge in [0.2, 0.25) is 15.8 Å². The molecule has 0 aromatic heterocycles. The van der Waals surface area contributed by atoms with Crippen LogP contribution in [0.1, 0.15) is 11.1 Å². The van der Waals surface area contributed by atoms with Gasteiger partial charge in [-0.1, -0.05) is 0 Å². The largest absolute Gasteiger partial charge is 0.454 e. The topological polar surface area (TPSA) is 52.6 Å². The summed E-state index contributed by atoms with van der Waals surface area (Å²) < 4.78 is 44.7. The van der Waals surface area contributed by atoms with E-state index >= 15 is 0 Å². The van der Waals surface area contributed by atoms with Gasteiger partial charge in [-0.2, -0.15) is 0 Å². The molecule has 1 aliphatic heterocycles. The van der Waals surface area contributed by atoms with E-state index in [1.165, 1.54) is 12.1 Å². The van der Waals surface area contributed by atoms with Crippen LogP contribution in [0.2, 0.25) is 0 Å². The molecule has 0 spiro atoms. The third-order valence-electron chi connectivity index (χ3n) is 2.17. The van der Waals surface area contributed by atoms with E-state index in [1.54, 1.807) is 0 Å². The maximum atomic E-state index is 12.7. The Morgan fingerprint density at radius 3 is 2.31 bits per heavy atom. The summed E-state index contributed by atoms with van der Waals surface area (Å²) in [6.07, 6.45) is 0. The zero-order chi connectivity index (χ0) is 11.8. The summed E-state index contributed by atoms with van der Waals surface area (Å²) in [4.78, 5) is 0. The second-order valence-electron chi connectivity index (χ2n) is 3.29. The second kappa shape index (κ2) is 4.10. The van der Waals surface area contributed by atoms with Crippen LogP contribution < -0.4 is 9.47 Å². The Hall–Kier alpha value is -1.01. The second-order valence-corrected chi connectivity index (χ2v) is 6.07. The molecule has 1 aromatic carbocycles. The molecule has 1 heterocycles. The van der Waals surface area contributed by atoms with Gasteiger partial charge < -0.3 is 9.47 Å². The molecule has 0 amide bonds. The van der Waals surface area contributed by atoms with Crippen LogP contribution >= 0.6 is 10.7 Å². The summed E-state index contributed by atoms with van der Waals surface area (Å²) in [6.45, 7) is -0.726. The molecule has 0 unspecified atom stereocenters. The molecule has 0 saturated carbocycles. The van der Waals surface area contributed by atoms with Gasteiger partial charge in [0.15, 0.2) is 11.5 Å². The molecule has 1 aliphatic rings. The van der Waals surface area contributed by atoms with Crippen molar-refractivity contribution in [1.82, 2.24) is 0 Å². The summed E-state index contributed by atoms with van der Waals surface area (Å²) in [5.41, 5.74) is 0.537. The molecule has 0 N–H and O–H groups in total. The zero-order valence-electron chi connectivity index (χ0n) is 8.07. The fourth-order valence-corrected chi connectivity index (χ4v) is 2.46. The maximum absolute atomic E-state index is 12.7. The number of benzene rings is 1. The van der Waals surface area contributed by atoms with E-state index < -0.39 is 21.5 Å². The van der Waals surface area contributed by atoms with Gasteiger partial charge in [-0.25, -0.2) is 12.8 Å². The monoisotopic (exact) mass is 266 g/mol. The first-order valence-corrected chi connectivity index (χ1v) is 6.87. The highest BCUT2D eigenvalue weighted by Crippen LogP contribution is 2.35. The van der Waals surface area contributed by atoms with Crippen LogP contribution in [-0.2, 0) is 21.5 Å². The van der Waals surface area contributed by atoms with Gasteiger partial charge in [-0.15, -0.1) is 0 Å². The number of hydrogen-bond donors (Lipinski definition) is 0. The van der Waals surface area contributed by atoms with Crippen LogP contribution in [0.3, 0.4) is 0 Å². The van der Waals surface area contributed by atoms with Crippen molar-refractivity contribution in [1.29, 1.82) is 0 Å². The van der Waals surface area contributed by atoms with E-state index in [-0.39, 0.29) is 12.4 Å². The predicted octanol–water partition coefficient (Wildman–Crippen LogP) is 1.95. The minimum absolute atomic E-state index is 0.0537. The first kappa shape index (κ1) is 11.5. The number of alkyl halides is 1. The highest BCUT2D eigenvalue weighted by Gasteiger charge is 2.19. The summed E-state index contributed by atoms with van der Waals surface area (Å²) >= 11 is 0. The average molecular weight is 267 g/mol. The number of fused-ring (bicyclic) bond motifs is 1. The van der Waals surface area contributed by atoms with E-state index in [9.17, 15) is 12.8 Å². The van der Waals surface area contributed by atoms with Crippen LogP contribution in [0.4, 0.5) is 4.39 Å². The molecular weight excluding hydrogens is 259 g/mol. The van der Waals surface area contributed by atoms with Gasteiger partial charge in [0.05, 0.1) is 5.75 Å². The van der Waals surface area contributed by atoms with Crippen molar-refractivity contribution < 1.29 is 22.3 Å². The Balaban J connectivity index is 2.44. The van der Waals surface area contributed by atoms with Gasteiger partial charge in [-0.3, -0.25) is 0 Å². The Morgan fingerprint density at radius 1 is 1.25 bits per heavy atom. The van der Waals surface area contributed by atoms with Crippen molar-refractivity contribution in [2.24, 2.45) is 0 Å². The molecule has 88 valence electrons. The van der Waals surface area contributed by atoms with Gasteiger partial charge in [0.1, 0.15) is 6.67 Å². The summed E-state index contributed by atoms with van der Waals surface area (Å²) in [5.74, 6) is 0.403. The number of hydrogen-bond acceptors (Lipinski definition) is 4. The molecule has 0 bridgehead atoms. The summed E-state index contributed by atoms with van der Waals surface area (Å²) in [5, 5.41) is 0. The first-order chi connectivity index (χ1) is 7.49. The average Bonchev–Trinajstić information content (AvgIpc) is 2.60. The normalized spacial score (nSPS) is 14.1. The van der Waals surface area contributed by atoms with E-state index in [0.29, 0.717) is 17.1 Å². The van der Waals surface area contributed by atoms with Crippen molar-refractivity contribution in [3.05, 3.63) is 23.3 Å². The molecule has 16 heavy (non-hydrogen) atoms. The maximum Gasteiger partial charge on any atom is 0.236 e. The molecule has 0 radical (unpaired) electrons. The third kappa shape index (κ3) is 2.38. The molecule has 7 heteroatoms. The molecule has 1 aromatic rings. The number of halogens is 2. The lowest BCUT2D eigenvalue weighted by Gasteiger charge is -2.06. The lowest BCUT2D eigenvalue weighted by atomic mass is 10.1. The van der Waals surface area contributed by atoms with Crippen molar-refractivity contribution in [3.8, 4) is 11.5 Å². The predicted molar refractivity (Wildman–Crippen MR) is 55.9 cm³/mol. The third-order valence-corrected chi connectivity index (χ3v) is 3.15. The van der Waals surface area contributed by atoms with Crippen molar-refractivity contribution in [2.75, 3.05) is 6.79 Å². The Bertz CT molecular complexity index is 514. The van der Waals surface area contributed by atoms with Crippen molar-refractivity contribution in [2.45, 2.75) is 12.4 Å². The van der Waals surface area contributed by atoms with E-state index in [4.69, 9.17) is 20.2 Å². The van der Waals surface area contributed by atoms with Crippen molar-refractivity contribution in [3.63, 3.8) is 0 Å². The Labute approximate surface area is 96.3 Å². The molecule has 0 atom stereocenters. The van der Waals surface area contributed by atoms with Crippen LogP contribution in [0.5, 0.6) is 11.5 Å². The molecule has 0 fully saturated rings. The summed E-state index contributed by atoms with van der Waals surface area (Å²) in [6, 6.07) is 2.87. The van der Waals surface area contributed by atoms with Crippen LogP contribution in [0.15, 0.2) is 12.1 Å². The van der Waals surface area contributed by atoms with E-state index in [0.717, 1.165) is 0 Å². The first-order valence-electron chi connectivity index (χ1n) is 4.39. The fraction of sp³-hybridized carbons (Fsp3) is 0.333. The minimum atomic E-state index is -3.72. The SMILES string of the molecule is O=S(=O)(Cl)Cc1cc2c(cc1CF)OCO2. The highest BCUT2D eigenvalue weighted by atomic mass is 35.7. The zero-order valence-corrected chi connectivity index (χ0v) is 9.65. The lowest BCUT2D eigenvalue weighted by Crippen LogP contribution is -1.99. The Morgan fingerprint density at radius 2 is 1.81 bits per heavy atom. The molecule has 0 saturated heterocycles. The van der Waals surface area contributed by atoms with Crippen LogP contribution in [0, 0.1) is 0 Å². The summed E-state index contributed by atoms with van der Waals surface area (Å²) in [7, 11) is 1.41. The lowest BCUT2D eigenvalue weighted by molar-refractivity contribution is 0.174. The van der Waals surface area contributed by atoms with Gasteiger partial charge >= 0.3 is 0 Å².